The van der Waals surface area contributed by atoms with Crippen molar-refractivity contribution in [2.75, 3.05) is 46.4 Å². The van der Waals surface area contributed by atoms with Crippen LogP contribution in [-0.4, -0.2) is 63.3 Å². The number of aliphatic imine (C=N–C) groups is 1. The van der Waals surface area contributed by atoms with Crippen molar-refractivity contribution in [1.82, 2.24) is 15.5 Å². The number of halogens is 3. The first kappa shape index (κ1) is 23.6. The van der Waals surface area contributed by atoms with E-state index in [-0.39, 0.29) is 35.9 Å². The smallest absolute Gasteiger partial charge is 0.191 e. The van der Waals surface area contributed by atoms with Gasteiger partial charge in [-0.15, -0.1) is 24.0 Å². The Morgan fingerprint density at radius 3 is 2.92 bits per heavy atom. The summed E-state index contributed by atoms with van der Waals surface area (Å²) in [5, 5.41) is 6.55. The third-order valence-corrected chi connectivity index (χ3v) is 4.56. The molecule has 1 aromatic rings. The Balaban J connectivity index is 0.00000338. The molecule has 1 fully saturated rings. The lowest BCUT2D eigenvalue weighted by Crippen LogP contribution is -2.43. The summed E-state index contributed by atoms with van der Waals surface area (Å²) in [5.41, 5.74) is 0.741. The van der Waals surface area contributed by atoms with Gasteiger partial charge in [-0.2, -0.15) is 0 Å². The van der Waals surface area contributed by atoms with Gasteiger partial charge in [0.1, 0.15) is 5.82 Å². The fraction of sp³-hybridized carbons (Fsp3) is 0.611. The highest BCUT2D eigenvalue weighted by Crippen LogP contribution is 2.16. The molecule has 26 heavy (non-hydrogen) atoms. The summed E-state index contributed by atoms with van der Waals surface area (Å²) in [4.78, 5) is 6.87. The number of nitrogens with zero attached hydrogens (tertiary/aromatic N) is 2. The maximum absolute atomic E-state index is 13.8. The number of ether oxygens (including phenoxy) is 1. The number of aryl methyl sites for hydroxylation is 1. The van der Waals surface area contributed by atoms with Crippen LogP contribution in [0.5, 0.6) is 0 Å². The highest BCUT2D eigenvalue weighted by atomic mass is 127. The van der Waals surface area contributed by atoms with Crippen molar-refractivity contribution in [3.05, 3.63) is 34.1 Å². The number of benzene rings is 1. The minimum Gasteiger partial charge on any atom is -0.374 e. The van der Waals surface area contributed by atoms with E-state index in [1.54, 1.807) is 0 Å². The average molecular weight is 543 g/mol. The summed E-state index contributed by atoms with van der Waals surface area (Å²) in [6.45, 7) is 6.88. The summed E-state index contributed by atoms with van der Waals surface area (Å²) in [6, 6.07) is 5.21. The van der Waals surface area contributed by atoms with E-state index in [1.165, 1.54) is 6.07 Å². The minimum absolute atomic E-state index is 0. The standard InChI is InChI=1S/C18H28BrFN4O.HI/c1-3-21-18(23-12-16-13-24(2)9-10-25-16)22-8-4-5-14-6-7-15(19)11-17(14)20;/h6-7,11,16H,3-5,8-10,12-13H2,1-2H3,(H2,21,22,23);1H. The van der Waals surface area contributed by atoms with E-state index in [0.29, 0.717) is 13.0 Å². The number of nitrogens with one attached hydrogen (secondary N) is 2. The Kier molecular flexibility index (Phi) is 11.7. The van der Waals surface area contributed by atoms with Gasteiger partial charge in [-0.1, -0.05) is 22.0 Å². The number of morpholine rings is 1. The normalized spacial score (nSPS) is 18.3. The van der Waals surface area contributed by atoms with Gasteiger partial charge in [0.05, 0.1) is 19.3 Å². The Bertz CT molecular complexity index is 576. The molecule has 2 N–H and O–H groups in total. The molecule has 1 saturated heterocycles. The predicted octanol–water partition coefficient (Wildman–Crippen LogP) is 3.02. The maximum Gasteiger partial charge on any atom is 0.191 e. The Morgan fingerprint density at radius 1 is 1.42 bits per heavy atom. The molecule has 0 radical (unpaired) electrons. The molecule has 5 nitrogen and oxygen atoms in total. The zero-order valence-corrected chi connectivity index (χ0v) is 19.3. The van der Waals surface area contributed by atoms with Crippen LogP contribution >= 0.6 is 39.9 Å². The molecule has 0 bridgehead atoms. The second-order valence-corrected chi connectivity index (χ2v) is 7.16. The van der Waals surface area contributed by atoms with Gasteiger partial charge in [0, 0.05) is 30.7 Å². The molecule has 1 aromatic carbocycles. The van der Waals surface area contributed by atoms with Gasteiger partial charge in [-0.25, -0.2) is 4.39 Å². The van der Waals surface area contributed by atoms with E-state index >= 15 is 0 Å². The predicted molar refractivity (Wildman–Crippen MR) is 119 cm³/mol. The van der Waals surface area contributed by atoms with Crippen LogP contribution in [0.2, 0.25) is 0 Å². The van der Waals surface area contributed by atoms with Crippen LogP contribution in [0.3, 0.4) is 0 Å². The maximum atomic E-state index is 13.8. The Hall–Kier alpha value is -0.450. The quantitative estimate of drug-likeness (QED) is 0.241. The van der Waals surface area contributed by atoms with Crippen molar-refractivity contribution >= 4 is 45.9 Å². The van der Waals surface area contributed by atoms with Gasteiger partial charge in [0.25, 0.3) is 0 Å². The van der Waals surface area contributed by atoms with E-state index in [9.17, 15) is 4.39 Å². The largest absolute Gasteiger partial charge is 0.374 e. The van der Waals surface area contributed by atoms with Crippen LogP contribution in [0, 0.1) is 5.82 Å². The molecule has 148 valence electrons. The fourth-order valence-electron chi connectivity index (χ4n) is 2.72. The highest BCUT2D eigenvalue weighted by Gasteiger charge is 2.17. The molecule has 2 rings (SSSR count). The van der Waals surface area contributed by atoms with Gasteiger partial charge >= 0.3 is 0 Å². The van der Waals surface area contributed by atoms with Gasteiger partial charge in [0.15, 0.2) is 5.96 Å². The molecule has 0 saturated carbocycles. The van der Waals surface area contributed by atoms with Crippen molar-refractivity contribution in [3.63, 3.8) is 0 Å². The third-order valence-electron chi connectivity index (χ3n) is 4.07. The molecular weight excluding hydrogens is 514 g/mol. The second kappa shape index (κ2) is 12.9. The van der Waals surface area contributed by atoms with Crippen LogP contribution in [0.25, 0.3) is 0 Å². The lowest BCUT2D eigenvalue weighted by molar-refractivity contribution is -0.0136. The van der Waals surface area contributed by atoms with E-state index in [4.69, 9.17) is 4.74 Å². The lowest BCUT2D eigenvalue weighted by atomic mass is 10.1. The van der Waals surface area contributed by atoms with Gasteiger partial charge in [-0.3, -0.25) is 4.99 Å². The molecule has 1 heterocycles. The van der Waals surface area contributed by atoms with E-state index in [0.717, 1.165) is 55.2 Å². The molecule has 0 amide bonds. The summed E-state index contributed by atoms with van der Waals surface area (Å²) in [5.74, 6) is 0.629. The minimum atomic E-state index is -0.159. The van der Waals surface area contributed by atoms with Crippen molar-refractivity contribution in [2.45, 2.75) is 25.9 Å². The van der Waals surface area contributed by atoms with Crippen LogP contribution in [0.1, 0.15) is 18.9 Å². The van der Waals surface area contributed by atoms with E-state index < -0.39 is 0 Å². The molecule has 0 aromatic heterocycles. The van der Waals surface area contributed by atoms with Crippen molar-refractivity contribution in [1.29, 1.82) is 0 Å². The summed E-state index contributed by atoms with van der Waals surface area (Å²) < 4.78 is 20.3. The Labute approximate surface area is 181 Å². The number of hydrogen-bond donors (Lipinski definition) is 2. The first-order chi connectivity index (χ1) is 12.1. The molecule has 1 unspecified atom stereocenters. The van der Waals surface area contributed by atoms with Gasteiger partial charge in [-0.05, 0) is 44.5 Å². The van der Waals surface area contributed by atoms with Crippen LogP contribution in [-0.2, 0) is 11.2 Å². The summed E-state index contributed by atoms with van der Waals surface area (Å²) in [6.07, 6.45) is 1.68. The molecule has 1 atom stereocenters. The average Bonchev–Trinajstić information content (AvgIpc) is 2.58. The molecule has 0 spiro atoms. The van der Waals surface area contributed by atoms with Crippen molar-refractivity contribution in [3.8, 4) is 0 Å². The zero-order valence-electron chi connectivity index (χ0n) is 15.4. The van der Waals surface area contributed by atoms with Crippen molar-refractivity contribution in [2.24, 2.45) is 4.99 Å². The third kappa shape index (κ3) is 8.49. The highest BCUT2D eigenvalue weighted by molar-refractivity contribution is 14.0. The number of rotatable bonds is 7. The zero-order chi connectivity index (χ0) is 18.1. The van der Waals surface area contributed by atoms with Crippen LogP contribution in [0.4, 0.5) is 4.39 Å². The monoisotopic (exact) mass is 542 g/mol. The number of guanidine groups is 1. The topological polar surface area (TPSA) is 48.9 Å². The van der Waals surface area contributed by atoms with E-state index in [2.05, 4.69) is 43.5 Å². The van der Waals surface area contributed by atoms with Gasteiger partial charge in [0.2, 0.25) is 0 Å². The molecule has 8 heteroatoms. The molecular formula is C18H29BrFIN4O. The van der Waals surface area contributed by atoms with Crippen molar-refractivity contribution < 1.29 is 9.13 Å². The summed E-state index contributed by atoms with van der Waals surface area (Å²) in [7, 11) is 2.10. The first-order valence-electron chi connectivity index (χ1n) is 8.84. The molecule has 1 aliphatic rings. The number of hydrogen-bond acceptors (Lipinski definition) is 3. The fourth-order valence-corrected chi connectivity index (χ4v) is 3.06. The second-order valence-electron chi connectivity index (χ2n) is 6.24. The van der Waals surface area contributed by atoms with E-state index in [1.807, 2.05) is 19.1 Å². The van der Waals surface area contributed by atoms with Gasteiger partial charge < -0.3 is 20.3 Å². The summed E-state index contributed by atoms with van der Waals surface area (Å²) >= 11 is 3.28. The number of likely N-dealkylation sites (N-methyl/N-ethyl adjacent to an activating group) is 1. The van der Waals surface area contributed by atoms with Crippen LogP contribution < -0.4 is 10.6 Å². The van der Waals surface area contributed by atoms with Crippen LogP contribution in [0.15, 0.2) is 27.7 Å². The molecule has 0 aliphatic carbocycles. The SMILES string of the molecule is CCNC(=NCC1CN(C)CCO1)NCCCc1ccc(Br)cc1F.I. The molecule has 1 aliphatic heterocycles. The first-order valence-corrected chi connectivity index (χ1v) is 9.64. The Morgan fingerprint density at radius 2 is 2.23 bits per heavy atom. The lowest BCUT2D eigenvalue weighted by Gasteiger charge is -2.29.